The monoisotopic (exact) mass is 247 g/mol. The molecule has 1 atom stereocenters. The van der Waals surface area contributed by atoms with Crippen molar-refractivity contribution in [3.05, 3.63) is 47.7 Å². The predicted octanol–water partition coefficient (Wildman–Crippen LogP) is 2.08. The summed E-state index contributed by atoms with van der Waals surface area (Å²) in [4.78, 5) is 22.4. The van der Waals surface area contributed by atoms with Crippen molar-refractivity contribution in [2.75, 3.05) is 6.54 Å². The first kappa shape index (κ1) is 14.0. The first-order valence-corrected chi connectivity index (χ1v) is 5.75. The van der Waals surface area contributed by atoms with Crippen LogP contribution in [-0.4, -0.2) is 23.4 Å². The van der Waals surface area contributed by atoms with Gasteiger partial charge >= 0.3 is 5.97 Å². The highest BCUT2D eigenvalue weighted by molar-refractivity contribution is 6.04. The maximum atomic E-state index is 11.8. The molecule has 0 bridgehead atoms. The van der Waals surface area contributed by atoms with Crippen LogP contribution in [0.15, 0.2) is 42.1 Å². The number of rotatable bonds is 6. The second-order valence-electron chi connectivity index (χ2n) is 4.18. The third kappa shape index (κ3) is 4.41. The molecule has 0 aromatic heterocycles. The highest BCUT2D eigenvalue weighted by atomic mass is 16.4. The first-order valence-electron chi connectivity index (χ1n) is 5.75. The zero-order valence-corrected chi connectivity index (χ0v) is 10.5. The average Bonchev–Trinajstić information content (AvgIpc) is 2.36. The van der Waals surface area contributed by atoms with E-state index in [2.05, 4.69) is 5.32 Å². The Kier molecular flexibility index (Phi) is 5.11. The summed E-state index contributed by atoms with van der Waals surface area (Å²) in [6.07, 6.45) is 1.48. The van der Waals surface area contributed by atoms with Crippen LogP contribution in [0.4, 0.5) is 0 Å². The maximum absolute atomic E-state index is 11.8. The van der Waals surface area contributed by atoms with Crippen molar-refractivity contribution in [3.8, 4) is 0 Å². The largest absolute Gasteiger partial charge is 0.481 e. The predicted molar refractivity (Wildman–Crippen MR) is 69.3 cm³/mol. The first-order chi connectivity index (χ1) is 8.50. The van der Waals surface area contributed by atoms with Gasteiger partial charge in [-0.2, -0.15) is 0 Å². The standard InChI is InChI=1S/C14H17NO3/c1-10(14(17)18)9-15-11(2)8-13(16)12-6-4-3-5-7-12/h3-8,10,15H,9H2,1-2H3,(H,17,18). The Morgan fingerprint density at radius 1 is 1.33 bits per heavy atom. The molecule has 0 aliphatic carbocycles. The van der Waals surface area contributed by atoms with E-state index in [1.54, 1.807) is 38.1 Å². The minimum absolute atomic E-state index is 0.0939. The Morgan fingerprint density at radius 2 is 1.94 bits per heavy atom. The van der Waals surface area contributed by atoms with E-state index in [0.29, 0.717) is 17.8 Å². The molecule has 96 valence electrons. The number of aliphatic carboxylic acids is 1. The van der Waals surface area contributed by atoms with E-state index in [9.17, 15) is 9.59 Å². The van der Waals surface area contributed by atoms with E-state index < -0.39 is 11.9 Å². The number of carboxylic acid groups (broad SMARTS) is 1. The number of carboxylic acids is 1. The lowest BCUT2D eigenvalue weighted by Gasteiger charge is -2.09. The smallest absolute Gasteiger partial charge is 0.308 e. The number of allylic oxidation sites excluding steroid dienone is 2. The SMILES string of the molecule is CC(=CC(=O)c1ccccc1)NCC(C)C(=O)O. The Hall–Kier alpha value is -2.10. The molecule has 0 amide bonds. The highest BCUT2D eigenvalue weighted by Crippen LogP contribution is 2.03. The van der Waals surface area contributed by atoms with E-state index in [0.717, 1.165) is 0 Å². The number of benzene rings is 1. The third-order valence-electron chi connectivity index (χ3n) is 2.51. The van der Waals surface area contributed by atoms with Gasteiger partial charge in [-0.25, -0.2) is 0 Å². The maximum Gasteiger partial charge on any atom is 0.308 e. The van der Waals surface area contributed by atoms with Crippen LogP contribution in [0.1, 0.15) is 24.2 Å². The molecule has 2 N–H and O–H groups in total. The van der Waals surface area contributed by atoms with E-state index >= 15 is 0 Å². The Labute approximate surface area is 106 Å². The number of nitrogens with one attached hydrogen (secondary N) is 1. The lowest BCUT2D eigenvalue weighted by molar-refractivity contribution is -0.140. The van der Waals surface area contributed by atoms with E-state index in [4.69, 9.17) is 5.11 Å². The van der Waals surface area contributed by atoms with Gasteiger partial charge < -0.3 is 10.4 Å². The molecule has 1 aromatic carbocycles. The van der Waals surface area contributed by atoms with Crippen molar-refractivity contribution in [2.45, 2.75) is 13.8 Å². The zero-order chi connectivity index (χ0) is 13.5. The summed E-state index contributed by atoms with van der Waals surface area (Å²) in [5, 5.41) is 11.7. The zero-order valence-electron chi connectivity index (χ0n) is 10.5. The van der Waals surface area contributed by atoms with Crippen molar-refractivity contribution in [3.63, 3.8) is 0 Å². The fraction of sp³-hybridized carbons (Fsp3) is 0.286. The summed E-state index contributed by atoms with van der Waals surface area (Å²) >= 11 is 0. The molecule has 0 saturated carbocycles. The van der Waals surface area contributed by atoms with Gasteiger partial charge in [0.25, 0.3) is 0 Å². The summed E-state index contributed by atoms with van der Waals surface area (Å²) in [6.45, 7) is 3.66. The molecule has 0 saturated heterocycles. The molecule has 1 unspecified atom stereocenters. The summed E-state index contributed by atoms with van der Waals surface area (Å²) in [5.74, 6) is -1.44. The molecule has 0 heterocycles. The van der Waals surface area contributed by atoms with Gasteiger partial charge in [0.15, 0.2) is 5.78 Å². The average molecular weight is 247 g/mol. The van der Waals surface area contributed by atoms with Crippen LogP contribution < -0.4 is 5.32 Å². The number of carbonyl (C=O) groups is 2. The highest BCUT2D eigenvalue weighted by Gasteiger charge is 2.10. The molecule has 4 heteroatoms. The molecule has 0 fully saturated rings. The number of carbonyl (C=O) groups excluding carboxylic acids is 1. The van der Waals surface area contributed by atoms with Crippen LogP contribution in [0.5, 0.6) is 0 Å². The van der Waals surface area contributed by atoms with Gasteiger partial charge in [0.2, 0.25) is 0 Å². The van der Waals surface area contributed by atoms with Crippen LogP contribution in [0.3, 0.4) is 0 Å². The van der Waals surface area contributed by atoms with Gasteiger partial charge in [-0.1, -0.05) is 37.3 Å². The molecule has 0 aliphatic rings. The van der Waals surface area contributed by atoms with Crippen LogP contribution in [0, 0.1) is 5.92 Å². The molecular weight excluding hydrogens is 230 g/mol. The lowest BCUT2D eigenvalue weighted by atomic mass is 10.1. The van der Waals surface area contributed by atoms with Crippen molar-refractivity contribution >= 4 is 11.8 Å². The molecular formula is C14H17NO3. The van der Waals surface area contributed by atoms with Crippen LogP contribution in [0.2, 0.25) is 0 Å². The molecule has 1 rings (SSSR count). The van der Waals surface area contributed by atoms with Crippen molar-refractivity contribution in [1.82, 2.24) is 5.32 Å². The van der Waals surface area contributed by atoms with Crippen molar-refractivity contribution in [1.29, 1.82) is 0 Å². The van der Waals surface area contributed by atoms with E-state index in [1.807, 2.05) is 6.07 Å². The van der Waals surface area contributed by atoms with Crippen molar-refractivity contribution in [2.24, 2.45) is 5.92 Å². The van der Waals surface area contributed by atoms with Gasteiger partial charge in [-0.05, 0) is 6.92 Å². The molecule has 0 radical (unpaired) electrons. The molecule has 4 nitrogen and oxygen atoms in total. The normalized spacial score (nSPS) is 12.9. The van der Waals surface area contributed by atoms with Gasteiger partial charge in [-0.3, -0.25) is 9.59 Å². The second-order valence-corrected chi connectivity index (χ2v) is 4.18. The van der Waals surface area contributed by atoms with Gasteiger partial charge in [0, 0.05) is 23.9 Å². The van der Waals surface area contributed by atoms with Crippen LogP contribution >= 0.6 is 0 Å². The Morgan fingerprint density at radius 3 is 2.50 bits per heavy atom. The summed E-state index contributed by atoms with van der Waals surface area (Å²) in [6, 6.07) is 8.94. The Balaban J connectivity index is 2.56. The summed E-state index contributed by atoms with van der Waals surface area (Å²) in [5.41, 5.74) is 1.28. The quantitative estimate of drug-likeness (QED) is 0.596. The van der Waals surface area contributed by atoms with Crippen LogP contribution in [0.25, 0.3) is 0 Å². The fourth-order valence-electron chi connectivity index (χ4n) is 1.33. The summed E-state index contributed by atoms with van der Waals surface area (Å²) in [7, 11) is 0. The molecule has 18 heavy (non-hydrogen) atoms. The Bertz CT molecular complexity index is 451. The van der Waals surface area contributed by atoms with Crippen LogP contribution in [-0.2, 0) is 4.79 Å². The second kappa shape index (κ2) is 6.59. The number of hydrogen-bond donors (Lipinski definition) is 2. The topological polar surface area (TPSA) is 66.4 Å². The minimum atomic E-state index is -0.857. The molecule has 0 aliphatic heterocycles. The van der Waals surface area contributed by atoms with Gasteiger partial charge in [-0.15, -0.1) is 0 Å². The summed E-state index contributed by atoms with van der Waals surface area (Å²) < 4.78 is 0. The van der Waals surface area contributed by atoms with E-state index in [1.165, 1.54) is 6.08 Å². The lowest BCUT2D eigenvalue weighted by Crippen LogP contribution is -2.25. The van der Waals surface area contributed by atoms with Gasteiger partial charge in [0.05, 0.1) is 5.92 Å². The third-order valence-corrected chi connectivity index (χ3v) is 2.51. The van der Waals surface area contributed by atoms with E-state index in [-0.39, 0.29) is 5.78 Å². The van der Waals surface area contributed by atoms with Gasteiger partial charge in [0.1, 0.15) is 0 Å². The number of hydrogen-bond acceptors (Lipinski definition) is 3. The molecule has 0 spiro atoms. The molecule has 1 aromatic rings. The van der Waals surface area contributed by atoms with Crippen molar-refractivity contribution < 1.29 is 14.7 Å². The minimum Gasteiger partial charge on any atom is -0.481 e. The number of ketones is 1. The fourth-order valence-corrected chi connectivity index (χ4v) is 1.33.